The van der Waals surface area contributed by atoms with Crippen LogP contribution < -0.4 is 20.8 Å². The fraction of sp³-hybridized carbons (Fsp3) is 0.261. The van der Waals surface area contributed by atoms with Crippen molar-refractivity contribution in [3.05, 3.63) is 74.3 Å². The van der Waals surface area contributed by atoms with Crippen LogP contribution in [0.3, 0.4) is 0 Å². The Balaban J connectivity index is 1.16. The molecule has 1 heterocycles. The summed E-state index contributed by atoms with van der Waals surface area (Å²) < 4.78 is 24.3. The van der Waals surface area contributed by atoms with Gasteiger partial charge in [-0.25, -0.2) is 4.39 Å². The van der Waals surface area contributed by atoms with Crippen molar-refractivity contribution in [3.8, 4) is 5.75 Å². The molecule has 7 nitrogen and oxygen atoms in total. The zero-order chi connectivity index (χ0) is 23.4. The molecule has 3 aromatic rings. The number of rotatable bonds is 6. The van der Waals surface area contributed by atoms with Crippen LogP contribution in [0, 0.1) is 5.82 Å². The molecular weight excluding hydrogens is 474 g/mol. The van der Waals surface area contributed by atoms with Crippen LogP contribution in [0.1, 0.15) is 29.8 Å². The number of carbonyl (C=O) groups is 2. The molecule has 2 amide bonds. The van der Waals surface area contributed by atoms with E-state index in [1.807, 2.05) is 0 Å². The highest BCUT2D eigenvalue weighted by Gasteiger charge is 2.69. The van der Waals surface area contributed by atoms with Gasteiger partial charge in [-0.2, -0.15) is 0 Å². The van der Waals surface area contributed by atoms with E-state index in [1.54, 1.807) is 18.2 Å². The summed E-state index contributed by atoms with van der Waals surface area (Å²) in [6, 6.07) is 9.87. The summed E-state index contributed by atoms with van der Waals surface area (Å²) in [5.74, 6) is -1.41. The molecule has 0 aliphatic heterocycles. The lowest BCUT2D eigenvalue weighted by Gasteiger charge is -2.70. The number of carbonyl (C=O) groups excluding carboxylic acids is 2. The Morgan fingerprint density at radius 3 is 2.48 bits per heavy atom. The topological polar surface area (TPSA) is 97.6 Å². The fourth-order valence-corrected chi connectivity index (χ4v) is 4.99. The normalized spacial score (nSPS) is 22.8. The van der Waals surface area contributed by atoms with E-state index >= 15 is 0 Å². The molecule has 3 aliphatic rings. The maximum atomic E-state index is 13.5. The first kappa shape index (κ1) is 21.7. The third-order valence-corrected chi connectivity index (χ3v) is 6.61. The zero-order valence-corrected chi connectivity index (χ0v) is 18.6. The minimum atomic E-state index is -0.629. The Hall–Kier alpha value is -3.10. The number of fused-ring (bicyclic) bond motifs is 1. The molecule has 2 bridgehead atoms. The molecule has 33 heavy (non-hydrogen) atoms. The van der Waals surface area contributed by atoms with Gasteiger partial charge >= 0.3 is 0 Å². The molecule has 3 fully saturated rings. The summed E-state index contributed by atoms with van der Waals surface area (Å²) in [5.41, 5.74) is -1.06. The molecule has 0 unspecified atom stereocenters. The number of hydrogen-bond donors (Lipinski definition) is 2. The van der Waals surface area contributed by atoms with E-state index in [-0.39, 0.29) is 45.1 Å². The number of halogens is 3. The van der Waals surface area contributed by atoms with Crippen molar-refractivity contribution in [2.75, 3.05) is 6.61 Å². The molecule has 0 radical (unpaired) electrons. The summed E-state index contributed by atoms with van der Waals surface area (Å²) >= 11 is 11.7. The van der Waals surface area contributed by atoms with Gasteiger partial charge in [0.05, 0.1) is 15.4 Å². The number of amides is 2. The van der Waals surface area contributed by atoms with Gasteiger partial charge in [-0.3, -0.25) is 14.4 Å². The molecule has 2 N–H and O–H groups in total. The molecule has 0 saturated heterocycles. The smallest absolute Gasteiger partial charge is 0.287 e. The van der Waals surface area contributed by atoms with Crippen molar-refractivity contribution in [2.45, 2.75) is 30.3 Å². The van der Waals surface area contributed by atoms with Gasteiger partial charge in [-0.05, 0) is 43.5 Å². The predicted octanol–water partition coefficient (Wildman–Crippen LogP) is 3.84. The number of hydrogen-bond acceptors (Lipinski definition) is 5. The van der Waals surface area contributed by atoms with Gasteiger partial charge < -0.3 is 19.8 Å². The second kappa shape index (κ2) is 7.74. The van der Waals surface area contributed by atoms with Crippen molar-refractivity contribution in [1.82, 2.24) is 10.6 Å². The lowest BCUT2D eigenvalue weighted by Crippen LogP contribution is -2.84. The molecule has 0 atom stereocenters. The van der Waals surface area contributed by atoms with Crippen LogP contribution >= 0.6 is 23.2 Å². The highest BCUT2D eigenvalue weighted by molar-refractivity contribution is 6.34. The average Bonchev–Trinajstić information content (AvgIpc) is 2.72. The Labute approximate surface area is 196 Å². The van der Waals surface area contributed by atoms with Gasteiger partial charge in [-0.1, -0.05) is 29.3 Å². The first-order chi connectivity index (χ1) is 15.7. The van der Waals surface area contributed by atoms with Gasteiger partial charge in [-0.15, -0.1) is 0 Å². The summed E-state index contributed by atoms with van der Waals surface area (Å²) in [4.78, 5) is 37.2. The van der Waals surface area contributed by atoms with Crippen molar-refractivity contribution >= 4 is 46.0 Å². The first-order valence-corrected chi connectivity index (χ1v) is 10.9. The lowest BCUT2D eigenvalue weighted by molar-refractivity contribution is -0.141. The van der Waals surface area contributed by atoms with Crippen LogP contribution in [0.25, 0.3) is 11.0 Å². The van der Waals surface area contributed by atoms with E-state index < -0.39 is 22.8 Å². The number of para-hydroxylation sites is 1. The van der Waals surface area contributed by atoms with Gasteiger partial charge in [0.15, 0.2) is 23.4 Å². The highest BCUT2D eigenvalue weighted by Crippen LogP contribution is 2.60. The summed E-state index contributed by atoms with van der Waals surface area (Å²) in [6.07, 6.45) is 1.64. The minimum Gasteiger partial charge on any atom is -0.484 e. The van der Waals surface area contributed by atoms with E-state index in [1.165, 1.54) is 12.1 Å². The second-order valence-electron chi connectivity index (χ2n) is 8.55. The van der Waals surface area contributed by atoms with E-state index in [4.69, 9.17) is 32.4 Å². The third kappa shape index (κ3) is 3.94. The Morgan fingerprint density at radius 2 is 1.76 bits per heavy atom. The second-order valence-corrected chi connectivity index (χ2v) is 9.36. The molecular formula is C23H17Cl2FN2O5. The van der Waals surface area contributed by atoms with Crippen molar-refractivity contribution in [1.29, 1.82) is 0 Å². The van der Waals surface area contributed by atoms with Crippen LogP contribution in [-0.2, 0) is 4.79 Å². The summed E-state index contributed by atoms with van der Waals surface area (Å²) in [5, 5.41) is 6.33. The fourth-order valence-electron chi connectivity index (χ4n) is 4.66. The van der Waals surface area contributed by atoms with Crippen LogP contribution in [-0.4, -0.2) is 29.5 Å². The standard InChI is InChI=1S/C23H17Cl2FN2O5/c24-14-5-4-12(6-16(14)26)32-8-19(30)27-22-9-23(10-22,11-22)28-21(31)18-7-17(29)13-2-1-3-15(25)20(13)33-18/h1-7H,8-11H2,(H,27,30)(H,28,31). The quantitative estimate of drug-likeness (QED) is 0.546. The van der Waals surface area contributed by atoms with Crippen LogP contribution in [0.2, 0.25) is 10.0 Å². The van der Waals surface area contributed by atoms with Crippen molar-refractivity contribution in [3.63, 3.8) is 0 Å². The number of benzene rings is 2. The van der Waals surface area contributed by atoms with Crippen LogP contribution in [0.4, 0.5) is 4.39 Å². The minimum absolute atomic E-state index is 0.0286. The Bertz CT molecular complexity index is 1350. The first-order valence-electron chi connectivity index (χ1n) is 10.1. The maximum absolute atomic E-state index is 13.5. The van der Waals surface area contributed by atoms with Crippen LogP contribution in [0.5, 0.6) is 5.75 Å². The largest absolute Gasteiger partial charge is 0.484 e. The van der Waals surface area contributed by atoms with Gasteiger partial charge in [0.2, 0.25) is 0 Å². The molecule has 10 heteroatoms. The molecule has 3 aliphatic carbocycles. The van der Waals surface area contributed by atoms with Crippen molar-refractivity contribution in [2.24, 2.45) is 0 Å². The Kier molecular flexibility index (Phi) is 5.10. The number of ether oxygens (including phenoxy) is 1. The SMILES string of the molecule is O=C(COc1ccc(Cl)c(F)c1)NC12CC(NC(=O)c3cc(=O)c4cccc(Cl)c4o3)(C1)C2. The highest BCUT2D eigenvalue weighted by atomic mass is 35.5. The third-order valence-electron chi connectivity index (χ3n) is 6.01. The van der Waals surface area contributed by atoms with Crippen molar-refractivity contribution < 1.29 is 23.1 Å². The monoisotopic (exact) mass is 490 g/mol. The van der Waals surface area contributed by atoms with Gasteiger partial charge in [0.25, 0.3) is 11.8 Å². The average molecular weight is 491 g/mol. The van der Waals surface area contributed by atoms with Gasteiger partial charge in [0.1, 0.15) is 11.6 Å². The summed E-state index contributed by atoms with van der Waals surface area (Å²) in [7, 11) is 0. The molecule has 3 saturated carbocycles. The predicted molar refractivity (Wildman–Crippen MR) is 119 cm³/mol. The maximum Gasteiger partial charge on any atom is 0.287 e. The van der Waals surface area contributed by atoms with Gasteiger partial charge in [0, 0.05) is 23.2 Å². The molecule has 2 aromatic carbocycles. The Morgan fingerprint density at radius 1 is 1.03 bits per heavy atom. The molecule has 6 rings (SSSR count). The van der Waals surface area contributed by atoms with E-state index in [2.05, 4.69) is 10.6 Å². The summed E-state index contributed by atoms with van der Waals surface area (Å²) in [6.45, 7) is -0.273. The number of nitrogens with one attached hydrogen (secondary N) is 2. The zero-order valence-electron chi connectivity index (χ0n) is 17.0. The van der Waals surface area contributed by atoms with E-state index in [9.17, 15) is 18.8 Å². The lowest BCUT2D eigenvalue weighted by atomic mass is 9.44. The van der Waals surface area contributed by atoms with Crippen LogP contribution in [0.15, 0.2) is 51.7 Å². The van der Waals surface area contributed by atoms with E-state index in [0.29, 0.717) is 24.6 Å². The molecule has 170 valence electrons. The van der Waals surface area contributed by atoms with E-state index in [0.717, 1.165) is 12.1 Å². The molecule has 0 spiro atoms. The molecule has 1 aromatic heterocycles.